The number of nitrogens with zero attached hydrogens (tertiary/aromatic N) is 4. The average molecular weight is 291 g/mol. The maximum absolute atomic E-state index is 4.55. The van der Waals surface area contributed by atoms with Crippen molar-refractivity contribution in [1.82, 2.24) is 15.0 Å². The Labute approximate surface area is 124 Å². The van der Waals surface area contributed by atoms with Gasteiger partial charge in [0.1, 0.15) is 5.82 Å². The van der Waals surface area contributed by atoms with Crippen molar-refractivity contribution < 1.29 is 0 Å². The van der Waals surface area contributed by atoms with Gasteiger partial charge in [0, 0.05) is 30.7 Å². The summed E-state index contributed by atoms with van der Waals surface area (Å²) >= 11 is 1.68. The second kappa shape index (κ2) is 6.65. The predicted octanol–water partition coefficient (Wildman–Crippen LogP) is 3.01. The number of thiazole rings is 1. The highest BCUT2D eigenvalue weighted by Crippen LogP contribution is 2.17. The molecular formula is C14H21N5S. The molecule has 0 aliphatic carbocycles. The van der Waals surface area contributed by atoms with Crippen molar-refractivity contribution in [1.29, 1.82) is 0 Å². The molecule has 0 aliphatic heterocycles. The Morgan fingerprint density at radius 2 is 2.05 bits per heavy atom. The third-order valence-electron chi connectivity index (χ3n) is 2.83. The fraction of sp³-hybridized carbons (Fsp3) is 0.500. The Morgan fingerprint density at radius 1 is 1.25 bits per heavy atom. The van der Waals surface area contributed by atoms with Crippen molar-refractivity contribution in [3.8, 4) is 0 Å². The smallest absolute Gasteiger partial charge is 0.224 e. The first-order valence-corrected chi connectivity index (χ1v) is 7.68. The van der Waals surface area contributed by atoms with E-state index in [9.17, 15) is 0 Å². The second-order valence-electron chi connectivity index (χ2n) is 4.83. The average Bonchev–Trinajstić information content (AvgIpc) is 2.81. The number of hydrogen-bond acceptors (Lipinski definition) is 6. The molecular weight excluding hydrogens is 270 g/mol. The summed E-state index contributed by atoms with van der Waals surface area (Å²) in [5.74, 6) is 1.62. The maximum atomic E-state index is 4.55. The molecule has 0 saturated heterocycles. The molecule has 0 spiro atoms. The van der Waals surface area contributed by atoms with Crippen LogP contribution in [0.4, 0.5) is 11.8 Å². The highest BCUT2D eigenvalue weighted by Gasteiger charge is 2.09. The van der Waals surface area contributed by atoms with Crippen molar-refractivity contribution in [2.24, 2.45) is 0 Å². The fourth-order valence-corrected chi connectivity index (χ4v) is 2.47. The number of nitrogens with one attached hydrogen (secondary N) is 1. The van der Waals surface area contributed by atoms with E-state index < -0.39 is 0 Å². The lowest BCUT2D eigenvalue weighted by Gasteiger charge is -2.18. The molecule has 0 fully saturated rings. The van der Waals surface area contributed by atoms with Gasteiger partial charge in [0.25, 0.3) is 0 Å². The Kier molecular flexibility index (Phi) is 4.89. The van der Waals surface area contributed by atoms with Gasteiger partial charge in [-0.2, -0.15) is 4.98 Å². The molecule has 108 valence electrons. The van der Waals surface area contributed by atoms with E-state index in [1.165, 1.54) is 0 Å². The predicted molar refractivity (Wildman–Crippen MR) is 84.5 cm³/mol. The topological polar surface area (TPSA) is 53.9 Å². The van der Waals surface area contributed by atoms with Crippen LogP contribution in [0.3, 0.4) is 0 Å². The van der Waals surface area contributed by atoms with E-state index in [1.807, 2.05) is 27.0 Å². The minimum Gasteiger partial charge on any atom is -0.354 e. The number of aromatic nitrogens is 3. The van der Waals surface area contributed by atoms with E-state index >= 15 is 0 Å². The van der Waals surface area contributed by atoms with E-state index in [4.69, 9.17) is 0 Å². The molecule has 0 aromatic carbocycles. The third kappa shape index (κ3) is 3.90. The van der Waals surface area contributed by atoms with Crippen LogP contribution in [0.2, 0.25) is 0 Å². The molecule has 2 aromatic heterocycles. The molecule has 0 radical (unpaired) electrons. The van der Waals surface area contributed by atoms with Crippen LogP contribution in [0.25, 0.3) is 0 Å². The van der Waals surface area contributed by atoms with Crippen LogP contribution in [-0.4, -0.2) is 28.5 Å². The Hall–Kier alpha value is -1.69. The summed E-state index contributed by atoms with van der Waals surface area (Å²) in [6, 6.07) is 2.00. The van der Waals surface area contributed by atoms with Crippen molar-refractivity contribution in [2.45, 2.75) is 33.7 Å². The molecule has 0 bridgehead atoms. The first kappa shape index (κ1) is 14.7. The van der Waals surface area contributed by atoms with Crippen LogP contribution < -0.4 is 10.2 Å². The molecule has 1 N–H and O–H groups in total. The lowest BCUT2D eigenvalue weighted by atomic mass is 10.3. The Balaban J connectivity index is 2.12. The highest BCUT2D eigenvalue weighted by atomic mass is 32.1. The largest absolute Gasteiger partial charge is 0.354 e. The van der Waals surface area contributed by atoms with Gasteiger partial charge in [0.15, 0.2) is 0 Å². The second-order valence-corrected chi connectivity index (χ2v) is 5.89. The van der Waals surface area contributed by atoms with Gasteiger partial charge in [0.05, 0.1) is 17.2 Å². The van der Waals surface area contributed by atoms with E-state index in [-0.39, 0.29) is 0 Å². The third-order valence-corrected chi connectivity index (χ3v) is 3.65. The summed E-state index contributed by atoms with van der Waals surface area (Å²) in [4.78, 5) is 15.5. The van der Waals surface area contributed by atoms with Crippen molar-refractivity contribution in [2.75, 3.05) is 23.8 Å². The monoisotopic (exact) mass is 291 g/mol. The van der Waals surface area contributed by atoms with Crippen molar-refractivity contribution >= 4 is 23.1 Å². The molecule has 2 heterocycles. The summed E-state index contributed by atoms with van der Waals surface area (Å²) in [7, 11) is 2.03. The molecule has 6 heteroatoms. The zero-order valence-corrected chi connectivity index (χ0v) is 13.3. The number of hydrogen-bond donors (Lipinski definition) is 1. The minimum atomic E-state index is 0.697. The summed E-state index contributed by atoms with van der Waals surface area (Å²) < 4.78 is 0. The van der Waals surface area contributed by atoms with Crippen molar-refractivity contribution in [3.63, 3.8) is 0 Å². The molecule has 20 heavy (non-hydrogen) atoms. The first-order valence-electron chi connectivity index (χ1n) is 6.80. The van der Waals surface area contributed by atoms with Gasteiger partial charge in [-0.1, -0.05) is 6.92 Å². The zero-order valence-electron chi connectivity index (χ0n) is 12.5. The molecule has 0 unspecified atom stereocenters. The van der Waals surface area contributed by atoms with Gasteiger partial charge >= 0.3 is 0 Å². The molecule has 2 aromatic rings. The normalized spacial score (nSPS) is 10.6. The van der Waals surface area contributed by atoms with Gasteiger partial charge in [-0.15, -0.1) is 11.3 Å². The fourth-order valence-electron chi connectivity index (χ4n) is 1.87. The number of rotatable bonds is 6. The summed E-state index contributed by atoms with van der Waals surface area (Å²) in [6.45, 7) is 7.78. The van der Waals surface area contributed by atoms with Gasteiger partial charge in [-0.3, -0.25) is 0 Å². The van der Waals surface area contributed by atoms with E-state index in [0.29, 0.717) is 5.95 Å². The molecule has 0 aliphatic rings. The highest BCUT2D eigenvalue weighted by molar-refractivity contribution is 7.09. The quantitative estimate of drug-likeness (QED) is 0.886. The summed E-state index contributed by atoms with van der Waals surface area (Å²) in [6.07, 6.45) is 1.06. The summed E-state index contributed by atoms with van der Waals surface area (Å²) in [5.41, 5.74) is 2.05. The van der Waals surface area contributed by atoms with E-state index in [1.54, 1.807) is 11.3 Å². The van der Waals surface area contributed by atoms with E-state index in [2.05, 4.69) is 37.5 Å². The van der Waals surface area contributed by atoms with Crippen LogP contribution in [-0.2, 0) is 6.54 Å². The lowest BCUT2D eigenvalue weighted by Crippen LogP contribution is -2.19. The van der Waals surface area contributed by atoms with Gasteiger partial charge in [-0.25, -0.2) is 9.97 Å². The molecule has 2 rings (SSSR count). The Morgan fingerprint density at radius 3 is 2.70 bits per heavy atom. The first-order chi connectivity index (χ1) is 9.58. The molecule has 0 saturated carbocycles. The van der Waals surface area contributed by atoms with E-state index in [0.717, 1.165) is 41.7 Å². The van der Waals surface area contributed by atoms with Crippen molar-refractivity contribution in [3.05, 3.63) is 27.8 Å². The maximum Gasteiger partial charge on any atom is 0.224 e. The number of aryl methyl sites for hydroxylation is 2. The van der Waals surface area contributed by atoms with Crippen LogP contribution in [0.5, 0.6) is 0 Å². The number of anilines is 2. The minimum absolute atomic E-state index is 0.697. The molecule has 0 amide bonds. The van der Waals surface area contributed by atoms with Crippen LogP contribution in [0, 0.1) is 13.8 Å². The van der Waals surface area contributed by atoms with Crippen LogP contribution >= 0.6 is 11.3 Å². The van der Waals surface area contributed by atoms with Crippen LogP contribution in [0.15, 0.2) is 11.4 Å². The van der Waals surface area contributed by atoms with Gasteiger partial charge in [-0.05, 0) is 20.3 Å². The standard InChI is InChI=1S/C14H21N5S/c1-5-6-15-14-16-10(2)7-13(18-14)19(4)8-12-9-20-11(3)17-12/h7,9H,5-6,8H2,1-4H3,(H,15,16,18). The molecule has 5 nitrogen and oxygen atoms in total. The van der Waals surface area contributed by atoms with Crippen LogP contribution in [0.1, 0.15) is 29.7 Å². The Bertz CT molecular complexity index is 566. The zero-order chi connectivity index (χ0) is 14.5. The molecule has 0 atom stereocenters. The van der Waals surface area contributed by atoms with Gasteiger partial charge in [0.2, 0.25) is 5.95 Å². The van der Waals surface area contributed by atoms with Gasteiger partial charge < -0.3 is 10.2 Å². The lowest BCUT2D eigenvalue weighted by molar-refractivity contribution is 0.858. The summed E-state index contributed by atoms with van der Waals surface area (Å²) in [5, 5.41) is 6.42. The SMILES string of the molecule is CCCNc1nc(C)cc(N(C)Cc2csc(C)n2)n1.